The summed E-state index contributed by atoms with van der Waals surface area (Å²) < 4.78 is 5.17. The van der Waals surface area contributed by atoms with Crippen LogP contribution in [0.4, 0.5) is 5.69 Å². The van der Waals surface area contributed by atoms with Crippen molar-refractivity contribution in [3.05, 3.63) is 41.9 Å². The number of furan rings is 1. The number of nitrogens with zero attached hydrogens (tertiary/aromatic N) is 1. The number of fused-ring (bicyclic) bond motifs is 1. The van der Waals surface area contributed by atoms with E-state index >= 15 is 0 Å². The van der Waals surface area contributed by atoms with Gasteiger partial charge in [-0.1, -0.05) is 19.9 Å². The second-order valence-electron chi connectivity index (χ2n) is 5.34. The van der Waals surface area contributed by atoms with E-state index in [9.17, 15) is 0 Å². The molecule has 96 valence electrons. The Morgan fingerprint density at radius 3 is 2.79 bits per heavy atom. The van der Waals surface area contributed by atoms with Crippen molar-refractivity contribution in [3.63, 3.8) is 0 Å². The fourth-order valence-corrected chi connectivity index (χ4v) is 2.68. The second-order valence-corrected chi connectivity index (χ2v) is 5.86. The van der Waals surface area contributed by atoms with E-state index in [1.54, 1.807) is 12.3 Å². The van der Waals surface area contributed by atoms with Gasteiger partial charge in [0.25, 0.3) is 0 Å². The molecule has 1 aromatic carbocycles. The van der Waals surface area contributed by atoms with Crippen LogP contribution in [0.2, 0.25) is 0 Å². The van der Waals surface area contributed by atoms with Crippen LogP contribution in [0.15, 0.2) is 34.9 Å². The number of thiol groups is 1. The minimum Gasteiger partial charge on any atom is -0.453 e. The van der Waals surface area contributed by atoms with Crippen LogP contribution in [0.25, 0.3) is 11.1 Å². The molecule has 1 unspecified atom stereocenters. The molecule has 0 spiro atoms. The van der Waals surface area contributed by atoms with Gasteiger partial charge in [-0.05, 0) is 23.3 Å². The van der Waals surface area contributed by atoms with Crippen molar-refractivity contribution in [2.45, 2.75) is 24.6 Å². The molecule has 0 saturated heterocycles. The van der Waals surface area contributed by atoms with Crippen LogP contribution in [0, 0.1) is 11.3 Å². The molecule has 2 aromatic rings. The molecule has 19 heavy (non-hydrogen) atoms. The summed E-state index contributed by atoms with van der Waals surface area (Å²) in [6, 6.07) is 9.99. The normalized spacial score (nSPS) is 19.6. The van der Waals surface area contributed by atoms with Crippen LogP contribution < -0.4 is 5.32 Å². The number of benzene rings is 1. The molecule has 0 saturated carbocycles. The zero-order valence-corrected chi connectivity index (χ0v) is 11.7. The van der Waals surface area contributed by atoms with Gasteiger partial charge in [0.05, 0.1) is 5.37 Å². The second kappa shape index (κ2) is 4.07. The molecule has 2 heterocycles. The highest BCUT2D eigenvalue weighted by molar-refractivity contribution is 7.81. The Hall–Kier alpha value is -1.86. The number of anilines is 1. The molecule has 1 aliphatic heterocycles. The number of rotatable bonds is 1. The fraction of sp³-hybridized carbons (Fsp3) is 0.267. The van der Waals surface area contributed by atoms with E-state index in [0.29, 0.717) is 5.76 Å². The predicted octanol–water partition coefficient (Wildman–Crippen LogP) is 3.78. The molecule has 0 bridgehead atoms. The van der Waals surface area contributed by atoms with Crippen LogP contribution in [-0.4, -0.2) is 5.37 Å². The highest BCUT2D eigenvalue weighted by Crippen LogP contribution is 2.43. The quantitative estimate of drug-likeness (QED) is 0.775. The van der Waals surface area contributed by atoms with Crippen molar-refractivity contribution >= 4 is 18.3 Å². The van der Waals surface area contributed by atoms with Gasteiger partial charge in [0.1, 0.15) is 12.3 Å². The van der Waals surface area contributed by atoms with E-state index in [1.165, 1.54) is 5.56 Å². The number of nitriles is 1. The highest BCUT2D eigenvalue weighted by atomic mass is 32.1. The van der Waals surface area contributed by atoms with Gasteiger partial charge >= 0.3 is 0 Å². The molecular weight excluding hydrogens is 256 g/mol. The average molecular weight is 270 g/mol. The maximum atomic E-state index is 8.81. The van der Waals surface area contributed by atoms with E-state index in [1.807, 2.05) is 12.1 Å². The van der Waals surface area contributed by atoms with Gasteiger partial charge in [-0.15, -0.1) is 0 Å². The summed E-state index contributed by atoms with van der Waals surface area (Å²) >= 11 is 4.59. The van der Waals surface area contributed by atoms with Crippen molar-refractivity contribution in [2.24, 2.45) is 0 Å². The largest absolute Gasteiger partial charge is 0.453 e. The van der Waals surface area contributed by atoms with Crippen molar-refractivity contribution in [2.75, 3.05) is 5.32 Å². The summed E-state index contributed by atoms with van der Waals surface area (Å²) in [5.74, 6) is 0.333. The molecule has 1 N–H and O–H groups in total. The van der Waals surface area contributed by atoms with Gasteiger partial charge in [-0.2, -0.15) is 17.9 Å². The first-order valence-electron chi connectivity index (χ1n) is 6.10. The van der Waals surface area contributed by atoms with Gasteiger partial charge in [-0.3, -0.25) is 0 Å². The summed E-state index contributed by atoms with van der Waals surface area (Å²) in [4.78, 5) is 0. The van der Waals surface area contributed by atoms with Crippen molar-refractivity contribution < 1.29 is 4.42 Å². The molecule has 0 amide bonds. The summed E-state index contributed by atoms with van der Waals surface area (Å²) in [5.41, 5.74) is 4.32. The van der Waals surface area contributed by atoms with Gasteiger partial charge in [0.2, 0.25) is 5.76 Å². The zero-order valence-electron chi connectivity index (χ0n) is 10.8. The molecular formula is C15H14N2OS. The number of nitrogens with one attached hydrogen (secondary N) is 1. The standard InChI is InChI=1S/C15H14N2OS/c1-15(2)12-6-9(3-4-13(12)17-14(15)19)10-5-11(7-16)18-8-10/h3-6,8,14,17,19H,1-2H3. The topological polar surface area (TPSA) is 49.0 Å². The molecule has 1 atom stereocenters. The number of hydrogen-bond acceptors (Lipinski definition) is 4. The Balaban J connectivity index is 2.08. The Morgan fingerprint density at radius 2 is 2.11 bits per heavy atom. The Bertz CT molecular complexity index is 682. The maximum absolute atomic E-state index is 8.81. The first kappa shape index (κ1) is 12.2. The van der Waals surface area contributed by atoms with Crippen molar-refractivity contribution in [1.29, 1.82) is 5.26 Å². The smallest absolute Gasteiger partial charge is 0.203 e. The summed E-state index contributed by atoms with van der Waals surface area (Å²) in [7, 11) is 0. The molecule has 0 radical (unpaired) electrons. The van der Waals surface area contributed by atoms with Crippen LogP contribution in [0.1, 0.15) is 25.2 Å². The van der Waals surface area contributed by atoms with Gasteiger partial charge < -0.3 is 9.73 Å². The Kier molecular flexibility index (Phi) is 2.61. The predicted molar refractivity (Wildman–Crippen MR) is 78.3 cm³/mol. The van der Waals surface area contributed by atoms with Gasteiger partial charge in [-0.25, -0.2) is 0 Å². The monoisotopic (exact) mass is 270 g/mol. The Morgan fingerprint density at radius 1 is 1.32 bits per heavy atom. The summed E-state index contributed by atoms with van der Waals surface area (Å²) in [5, 5.41) is 12.3. The first-order chi connectivity index (χ1) is 9.02. The molecule has 0 fully saturated rings. The third-order valence-corrected chi connectivity index (χ3v) is 4.51. The van der Waals surface area contributed by atoms with E-state index in [4.69, 9.17) is 9.68 Å². The van der Waals surface area contributed by atoms with Crippen LogP contribution in [0.3, 0.4) is 0 Å². The molecule has 3 rings (SSSR count). The molecule has 1 aromatic heterocycles. The fourth-order valence-electron chi connectivity index (χ4n) is 2.40. The molecule has 3 nitrogen and oxygen atoms in total. The SMILES string of the molecule is CC1(C)c2cc(-c3coc(C#N)c3)ccc2NC1S. The average Bonchev–Trinajstić information content (AvgIpc) is 2.94. The lowest BCUT2D eigenvalue weighted by molar-refractivity contribution is 0.553. The lowest BCUT2D eigenvalue weighted by Crippen LogP contribution is -2.27. The molecule has 0 aliphatic carbocycles. The first-order valence-corrected chi connectivity index (χ1v) is 6.62. The van der Waals surface area contributed by atoms with E-state index in [2.05, 4.69) is 43.9 Å². The highest BCUT2D eigenvalue weighted by Gasteiger charge is 2.37. The van der Waals surface area contributed by atoms with Gasteiger partial charge in [0.15, 0.2) is 0 Å². The lowest BCUT2D eigenvalue weighted by atomic mass is 9.85. The van der Waals surface area contributed by atoms with E-state index in [-0.39, 0.29) is 10.8 Å². The van der Waals surface area contributed by atoms with E-state index < -0.39 is 0 Å². The Labute approximate surface area is 117 Å². The van der Waals surface area contributed by atoms with Crippen molar-refractivity contribution in [1.82, 2.24) is 0 Å². The minimum atomic E-state index is -0.0315. The molecule has 1 aliphatic rings. The zero-order chi connectivity index (χ0) is 13.6. The third-order valence-electron chi connectivity index (χ3n) is 3.73. The van der Waals surface area contributed by atoms with Crippen molar-refractivity contribution in [3.8, 4) is 17.2 Å². The van der Waals surface area contributed by atoms with Crippen LogP contribution >= 0.6 is 12.6 Å². The van der Waals surface area contributed by atoms with Gasteiger partial charge in [0, 0.05) is 22.7 Å². The minimum absolute atomic E-state index is 0.0315. The van der Waals surface area contributed by atoms with Crippen LogP contribution in [-0.2, 0) is 5.41 Å². The maximum Gasteiger partial charge on any atom is 0.203 e. The summed E-state index contributed by atoms with van der Waals surface area (Å²) in [6.07, 6.45) is 1.62. The van der Waals surface area contributed by atoms with E-state index in [0.717, 1.165) is 16.8 Å². The van der Waals surface area contributed by atoms with Crippen LogP contribution in [0.5, 0.6) is 0 Å². The lowest BCUT2D eigenvalue weighted by Gasteiger charge is -2.23. The molecule has 4 heteroatoms. The third kappa shape index (κ3) is 1.82. The number of hydrogen-bond donors (Lipinski definition) is 2. The summed E-state index contributed by atoms with van der Waals surface area (Å²) in [6.45, 7) is 4.34.